The highest BCUT2D eigenvalue weighted by Gasteiger charge is 2.28. The van der Waals surface area contributed by atoms with Crippen LogP contribution in [-0.2, 0) is 6.54 Å². The molecule has 0 bridgehead atoms. The van der Waals surface area contributed by atoms with Gasteiger partial charge in [0, 0.05) is 49.2 Å². The molecule has 8 nitrogen and oxygen atoms in total. The van der Waals surface area contributed by atoms with E-state index >= 15 is 0 Å². The number of hydrogen-bond donors (Lipinski definition) is 2. The van der Waals surface area contributed by atoms with Crippen LogP contribution in [0, 0.1) is 0 Å². The van der Waals surface area contributed by atoms with E-state index in [9.17, 15) is 9.59 Å². The molecule has 0 aliphatic carbocycles. The highest BCUT2D eigenvalue weighted by atomic mass is 35.5. The summed E-state index contributed by atoms with van der Waals surface area (Å²) in [5.74, 6) is 0.629. The predicted octanol–water partition coefficient (Wildman–Crippen LogP) is 4.61. The third kappa shape index (κ3) is 5.71. The van der Waals surface area contributed by atoms with Crippen LogP contribution in [0.3, 0.4) is 0 Å². The molecule has 2 N–H and O–H groups in total. The Labute approximate surface area is 208 Å². The van der Waals surface area contributed by atoms with E-state index in [2.05, 4.69) is 22.3 Å². The molecular weight excluding hydrogens is 470 g/mol. The van der Waals surface area contributed by atoms with Crippen LogP contribution < -0.4 is 10.1 Å². The predicted molar refractivity (Wildman–Crippen MR) is 132 cm³/mol. The van der Waals surface area contributed by atoms with Crippen molar-refractivity contribution in [3.63, 3.8) is 0 Å². The molecule has 1 unspecified atom stereocenters. The SMILES string of the molecule is O=C(NC1CCN(C(=O)O)C1)c1cc2cc(OC3CCN(Cc4ccc(Cl)cc4)CC3)ccc2o1. The van der Waals surface area contributed by atoms with Gasteiger partial charge in [-0.25, -0.2) is 4.79 Å². The summed E-state index contributed by atoms with van der Waals surface area (Å²) in [6.45, 7) is 3.54. The van der Waals surface area contributed by atoms with Gasteiger partial charge in [-0.05, 0) is 61.2 Å². The molecule has 1 aromatic heterocycles. The Morgan fingerprint density at radius 2 is 1.83 bits per heavy atom. The zero-order valence-electron chi connectivity index (χ0n) is 19.3. The van der Waals surface area contributed by atoms with Gasteiger partial charge in [-0.2, -0.15) is 0 Å². The van der Waals surface area contributed by atoms with Crippen LogP contribution in [0.15, 0.2) is 52.9 Å². The number of amides is 2. The van der Waals surface area contributed by atoms with Crippen LogP contribution in [0.2, 0.25) is 5.02 Å². The number of carbonyl (C=O) groups is 2. The van der Waals surface area contributed by atoms with Gasteiger partial charge in [0.2, 0.25) is 0 Å². The molecule has 35 heavy (non-hydrogen) atoms. The van der Waals surface area contributed by atoms with Gasteiger partial charge in [0.05, 0.1) is 0 Å². The summed E-state index contributed by atoms with van der Waals surface area (Å²) in [6, 6.07) is 15.1. The first-order valence-corrected chi connectivity index (χ1v) is 12.3. The smallest absolute Gasteiger partial charge is 0.407 e. The average Bonchev–Trinajstić information content (AvgIpc) is 3.49. The number of likely N-dealkylation sites (tertiary alicyclic amines) is 2. The van der Waals surface area contributed by atoms with Crippen LogP contribution in [0.1, 0.15) is 35.4 Å². The molecule has 2 aromatic carbocycles. The number of nitrogens with one attached hydrogen (secondary N) is 1. The van der Waals surface area contributed by atoms with Gasteiger partial charge in [-0.3, -0.25) is 9.69 Å². The molecule has 0 saturated carbocycles. The van der Waals surface area contributed by atoms with Gasteiger partial charge in [-0.15, -0.1) is 0 Å². The minimum Gasteiger partial charge on any atom is -0.490 e. The molecule has 2 aliphatic rings. The number of carboxylic acid groups (broad SMARTS) is 1. The summed E-state index contributed by atoms with van der Waals surface area (Å²) in [6.07, 6.45) is 1.65. The van der Waals surface area contributed by atoms with Gasteiger partial charge >= 0.3 is 6.09 Å². The maximum absolute atomic E-state index is 12.6. The quantitative estimate of drug-likeness (QED) is 0.516. The maximum Gasteiger partial charge on any atom is 0.407 e. The van der Waals surface area contributed by atoms with Crippen molar-refractivity contribution in [2.24, 2.45) is 0 Å². The monoisotopic (exact) mass is 497 g/mol. The second kappa shape index (κ2) is 10.2. The minimum atomic E-state index is -0.967. The molecule has 1 atom stereocenters. The number of halogens is 1. The van der Waals surface area contributed by atoms with Crippen molar-refractivity contribution in [2.45, 2.75) is 38.0 Å². The zero-order chi connectivity index (χ0) is 24.4. The van der Waals surface area contributed by atoms with Crippen LogP contribution >= 0.6 is 11.6 Å². The maximum atomic E-state index is 12.6. The third-order valence-corrected chi connectivity index (χ3v) is 6.91. The molecule has 2 saturated heterocycles. The summed E-state index contributed by atoms with van der Waals surface area (Å²) >= 11 is 5.98. The van der Waals surface area contributed by atoms with E-state index in [1.807, 2.05) is 30.3 Å². The lowest BCUT2D eigenvalue weighted by Gasteiger charge is -2.32. The minimum absolute atomic E-state index is 0.142. The first kappa shape index (κ1) is 23.5. The van der Waals surface area contributed by atoms with E-state index in [0.717, 1.165) is 48.6 Å². The fourth-order valence-corrected chi connectivity index (χ4v) is 4.87. The van der Waals surface area contributed by atoms with Crippen molar-refractivity contribution in [1.82, 2.24) is 15.1 Å². The Bertz CT molecular complexity index is 1200. The van der Waals surface area contributed by atoms with Crippen molar-refractivity contribution in [3.8, 4) is 5.75 Å². The molecule has 0 spiro atoms. The van der Waals surface area contributed by atoms with E-state index in [1.165, 1.54) is 10.5 Å². The van der Waals surface area contributed by atoms with E-state index in [1.54, 1.807) is 6.07 Å². The van der Waals surface area contributed by atoms with E-state index in [-0.39, 0.29) is 30.4 Å². The zero-order valence-corrected chi connectivity index (χ0v) is 20.0. The number of benzene rings is 2. The Balaban J connectivity index is 1.14. The highest BCUT2D eigenvalue weighted by molar-refractivity contribution is 6.30. The van der Waals surface area contributed by atoms with Gasteiger partial charge in [0.25, 0.3) is 5.91 Å². The molecule has 2 amide bonds. The molecule has 5 rings (SSSR count). The average molecular weight is 498 g/mol. The fourth-order valence-electron chi connectivity index (χ4n) is 4.74. The van der Waals surface area contributed by atoms with Gasteiger partial charge < -0.3 is 24.5 Å². The lowest BCUT2D eigenvalue weighted by atomic mass is 10.1. The topological polar surface area (TPSA) is 95.2 Å². The molecule has 2 fully saturated rings. The van der Waals surface area contributed by atoms with Crippen molar-refractivity contribution in [1.29, 1.82) is 0 Å². The van der Waals surface area contributed by atoms with E-state index in [4.69, 9.17) is 25.9 Å². The largest absolute Gasteiger partial charge is 0.490 e. The molecule has 0 radical (unpaired) electrons. The summed E-state index contributed by atoms with van der Waals surface area (Å²) in [7, 11) is 0. The number of furan rings is 1. The third-order valence-electron chi connectivity index (χ3n) is 6.66. The molecule has 3 heterocycles. The van der Waals surface area contributed by atoms with Gasteiger partial charge in [0.1, 0.15) is 17.4 Å². The van der Waals surface area contributed by atoms with Crippen LogP contribution in [-0.4, -0.2) is 65.2 Å². The number of carbonyl (C=O) groups excluding carboxylic acids is 1. The van der Waals surface area contributed by atoms with Crippen LogP contribution in [0.25, 0.3) is 11.0 Å². The molecule has 2 aliphatic heterocycles. The Morgan fingerprint density at radius 1 is 1.06 bits per heavy atom. The summed E-state index contributed by atoms with van der Waals surface area (Å²) in [5.41, 5.74) is 1.87. The number of ether oxygens (including phenoxy) is 1. The molecule has 3 aromatic rings. The van der Waals surface area contributed by atoms with Gasteiger partial charge in [0.15, 0.2) is 5.76 Å². The Hall–Kier alpha value is -3.23. The van der Waals surface area contributed by atoms with Crippen molar-refractivity contribution < 1.29 is 23.8 Å². The highest BCUT2D eigenvalue weighted by Crippen LogP contribution is 2.27. The summed E-state index contributed by atoms with van der Waals surface area (Å²) in [5, 5.41) is 13.5. The van der Waals surface area contributed by atoms with Crippen molar-refractivity contribution in [2.75, 3.05) is 26.2 Å². The molecular formula is C26H28ClN3O5. The second-order valence-electron chi connectivity index (χ2n) is 9.22. The van der Waals surface area contributed by atoms with Crippen LogP contribution in [0.4, 0.5) is 4.79 Å². The second-order valence-corrected chi connectivity index (χ2v) is 9.65. The van der Waals surface area contributed by atoms with Crippen molar-refractivity contribution >= 4 is 34.6 Å². The first-order chi connectivity index (χ1) is 16.9. The van der Waals surface area contributed by atoms with E-state index < -0.39 is 6.09 Å². The standard InChI is InChI=1S/C26H28ClN3O5/c27-19-3-1-17(2-4-19)15-29-10-8-21(9-11-29)34-22-5-6-23-18(13-22)14-24(35-23)25(31)28-20-7-12-30(16-20)26(32)33/h1-6,13-14,20-21H,7-12,15-16H2,(H,28,31)(H,32,33). The normalized spacial score (nSPS) is 19.2. The lowest BCUT2D eigenvalue weighted by Crippen LogP contribution is -2.38. The number of hydrogen-bond acceptors (Lipinski definition) is 5. The summed E-state index contributed by atoms with van der Waals surface area (Å²) < 4.78 is 12.0. The fraction of sp³-hybridized carbons (Fsp3) is 0.385. The van der Waals surface area contributed by atoms with E-state index in [0.29, 0.717) is 18.5 Å². The van der Waals surface area contributed by atoms with Crippen molar-refractivity contribution in [3.05, 3.63) is 64.9 Å². The molecule has 184 valence electrons. The number of rotatable bonds is 6. The summed E-state index contributed by atoms with van der Waals surface area (Å²) in [4.78, 5) is 27.4. The Kier molecular flexibility index (Phi) is 6.83. The molecule has 9 heteroatoms. The van der Waals surface area contributed by atoms with Gasteiger partial charge in [-0.1, -0.05) is 23.7 Å². The Morgan fingerprint density at radius 3 is 2.54 bits per heavy atom. The lowest BCUT2D eigenvalue weighted by molar-refractivity contribution is 0.0910. The number of fused-ring (bicyclic) bond motifs is 1. The first-order valence-electron chi connectivity index (χ1n) is 11.9. The number of piperidine rings is 1. The van der Waals surface area contributed by atoms with Crippen LogP contribution in [0.5, 0.6) is 5.75 Å². The number of nitrogens with zero attached hydrogens (tertiary/aromatic N) is 2.